The molecule has 1 unspecified atom stereocenters. The number of benzene rings is 1. The maximum absolute atomic E-state index is 11.1. The van der Waals surface area contributed by atoms with Crippen LogP contribution in [0.5, 0.6) is 5.75 Å². The Balaban J connectivity index is 2.54. The number of nitrogens with one attached hydrogen (secondary N) is 1. The summed E-state index contributed by atoms with van der Waals surface area (Å²) in [5.41, 5.74) is 1.18. The second-order valence-electron chi connectivity index (χ2n) is 5.44. The van der Waals surface area contributed by atoms with Crippen molar-refractivity contribution in [3.8, 4) is 5.75 Å². The molecule has 0 radical (unpaired) electrons. The maximum atomic E-state index is 11.1. The molecule has 1 rings (SSSR count). The standard InChI is InChI=1S/C15H26N2O3S/c1-17(2)15(12-16-9-6-10-21(4,18)19)13-7-5-8-14(11-13)20-3/h5,7-8,11,15-16H,6,9-10,12H2,1-4H3. The Morgan fingerprint density at radius 1 is 1.33 bits per heavy atom. The van der Waals surface area contributed by atoms with Crippen molar-refractivity contribution < 1.29 is 13.2 Å². The molecule has 0 bridgehead atoms. The molecule has 0 aliphatic rings. The van der Waals surface area contributed by atoms with E-state index in [0.29, 0.717) is 13.0 Å². The number of rotatable bonds is 9. The molecule has 1 N–H and O–H groups in total. The summed E-state index contributed by atoms with van der Waals surface area (Å²) in [6.45, 7) is 1.46. The SMILES string of the molecule is COc1cccc(C(CNCCCS(C)(=O)=O)N(C)C)c1. The molecule has 0 fully saturated rings. The van der Waals surface area contributed by atoms with E-state index in [1.807, 2.05) is 32.3 Å². The van der Waals surface area contributed by atoms with Crippen LogP contribution in [0.4, 0.5) is 0 Å². The minimum atomic E-state index is -2.87. The average molecular weight is 314 g/mol. The topological polar surface area (TPSA) is 58.6 Å². The zero-order valence-corrected chi connectivity index (χ0v) is 14.1. The van der Waals surface area contributed by atoms with Crippen LogP contribution in [0.1, 0.15) is 18.0 Å². The summed E-state index contributed by atoms with van der Waals surface area (Å²) in [5.74, 6) is 1.07. The van der Waals surface area contributed by atoms with Gasteiger partial charge in [-0.1, -0.05) is 12.1 Å². The number of methoxy groups -OCH3 is 1. The molecule has 0 amide bonds. The smallest absolute Gasteiger partial charge is 0.147 e. The predicted octanol–water partition coefficient (Wildman–Crippen LogP) is 1.32. The Morgan fingerprint density at radius 3 is 2.62 bits per heavy atom. The lowest BCUT2D eigenvalue weighted by Gasteiger charge is -2.25. The third-order valence-electron chi connectivity index (χ3n) is 3.31. The molecule has 0 heterocycles. The van der Waals surface area contributed by atoms with Gasteiger partial charge in [-0.2, -0.15) is 0 Å². The first-order valence-corrected chi connectivity index (χ1v) is 9.08. The number of sulfone groups is 1. The van der Waals surface area contributed by atoms with E-state index in [2.05, 4.69) is 16.3 Å². The van der Waals surface area contributed by atoms with Gasteiger partial charge < -0.3 is 15.0 Å². The molecule has 1 atom stereocenters. The molecule has 5 nitrogen and oxygen atoms in total. The van der Waals surface area contributed by atoms with Crippen molar-refractivity contribution >= 4 is 9.84 Å². The fourth-order valence-corrected chi connectivity index (χ4v) is 2.81. The van der Waals surface area contributed by atoms with Crippen molar-refractivity contribution in [1.29, 1.82) is 0 Å². The molecule has 21 heavy (non-hydrogen) atoms. The van der Waals surface area contributed by atoms with Crippen LogP contribution in [0.15, 0.2) is 24.3 Å². The second kappa shape index (κ2) is 8.36. The molecular weight excluding hydrogens is 288 g/mol. The minimum absolute atomic E-state index is 0.221. The van der Waals surface area contributed by atoms with Crippen LogP contribution in [-0.2, 0) is 9.84 Å². The Kier molecular flexibility index (Phi) is 7.14. The fourth-order valence-electron chi connectivity index (χ4n) is 2.15. The van der Waals surface area contributed by atoms with Crippen molar-refractivity contribution in [2.75, 3.05) is 46.3 Å². The molecular formula is C15H26N2O3S. The van der Waals surface area contributed by atoms with Crippen molar-refractivity contribution in [3.63, 3.8) is 0 Å². The van der Waals surface area contributed by atoms with Gasteiger partial charge in [0.2, 0.25) is 0 Å². The number of hydrogen-bond donors (Lipinski definition) is 1. The van der Waals surface area contributed by atoms with Gasteiger partial charge in [-0.25, -0.2) is 8.42 Å². The minimum Gasteiger partial charge on any atom is -0.497 e. The van der Waals surface area contributed by atoms with Gasteiger partial charge in [0.05, 0.1) is 12.9 Å². The van der Waals surface area contributed by atoms with Gasteiger partial charge >= 0.3 is 0 Å². The van der Waals surface area contributed by atoms with Crippen LogP contribution < -0.4 is 10.1 Å². The molecule has 6 heteroatoms. The summed E-state index contributed by atoms with van der Waals surface area (Å²) < 4.78 is 27.4. The zero-order chi connectivity index (χ0) is 15.9. The van der Waals surface area contributed by atoms with Gasteiger partial charge in [-0.15, -0.1) is 0 Å². The number of hydrogen-bond acceptors (Lipinski definition) is 5. The highest BCUT2D eigenvalue weighted by atomic mass is 32.2. The largest absolute Gasteiger partial charge is 0.497 e. The van der Waals surface area contributed by atoms with Gasteiger partial charge in [-0.05, 0) is 44.8 Å². The molecule has 0 aromatic heterocycles. The van der Waals surface area contributed by atoms with Crippen molar-refractivity contribution in [1.82, 2.24) is 10.2 Å². The molecule has 0 saturated heterocycles. The number of nitrogens with zero attached hydrogens (tertiary/aromatic N) is 1. The van der Waals surface area contributed by atoms with Gasteiger partial charge in [0.25, 0.3) is 0 Å². The van der Waals surface area contributed by atoms with E-state index in [9.17, 15) is 8.42 Å². The Morgan fingerprint density at radius 2 is 2.05 bits per heavy atom. The first-order valence-electron chi connectivity index (χ1n) is 7.02. The average Bonchev–Trinajstić information content (AvgIpc) is 2.41. The van der Waals surface area contributed by atoms with E-state index in [0.717, 1.165) is 12.3 Å². The monoisotopic (exact) mass is 314 g/mol. The fraction of sp³-hybridized carbons (Fsp3) is 0.600. The Labute approximate surface area is 128 Å². The van der Waals surface area contributed by atoms with E-state index < -0.39 is 9.84 Å². The second-order valence-corrected chi connectivity index (χ2v) is 7.70. The van der Waals surface area contributed by atoms with Crippen molar-refractivity contribution in [3.05, 3.63) is 29.8 Å². The van der Waals surface area contributed by atoms with Crippen LogP contribution in [0.3, 0.4) is 0 Å². The van der Waals surface area contributed by atoms with Crippen LogP contribution >= 0.6 is 0 Å². The van der Waals surface area contributed by atoms with Gasteiger partial charge in [0.15, 0.2) is 0 Å². The highest BCUT2D eigenvalue weighted by Crippen LogP contribution is 2.21. The van der Waals surface area contributed by atoms with E-state index in [-0.39, 0.29) is 11.8 Å². The molecule has 1 aromatic rings. The first-order chi connectivity index (χ1) is 9.83. The van der Waals surface area contributed by atoms with E-state index in [1.165, 1.54) is 11.8 Å². The summed E-state index contributed by atoms with van der Waals surface area (Å²) in [6, 6.07) is 8.23. The molecule has 0 aliphatic heterocycles. The highest BCUT2D eigenvalue weighted by molar-refractivity contribution is 7.90. The summed E-state index contributed by atoms with van der Waals surface area (Å²) >= 11 is 0. The van der Waals surface area contributed by atoms with Crippen LogP contribution in [0.25, 0.3) is 0 Å². The molecule has 0 aliphatic carbocycles. The third kappa shape index (κ3) is 6.93. The highest BCUT2D eigenvalue weighted by Gasteiger charge is 2.14. The van der Waals surface area contributed by atoms with Gasteiger partial charge in [0.1, 0.15) is 15.6 Å². The molecule has 0 spiro atoms. The van der Waals surface area contributed by atoms with E-state index in [4.69, 9.17) is 4.74 Å². The summed E-state index contributed by atoms with van der Waals surface area (Å²) in [6.07, 6.45) is 1.91. The van der Waals surface area contributed by atoms with Gasteiger partial charge in [0, 0.05) is 18.8 Å². The summed E-state index contributed by atoms with van der Waals surface area (Å²) in [4.78, 5) is 2.14. The van der Waals surface area contributed by atoms with Crippen LogP contribution in [-0.4, -0.2) is 59.6 Å². The molecule has 0 saturated carbocycles. The lowest BCUT2D eigenvalue weighted by Crippen LogP contribution is -2.32. The van der Waals surface area contributed by atoms with E-state index >= 15 is 0 Å². The number of likely N-dealkylation sites (N-methyl/N-ethyl adjacent to an activating group) is 1. The Hall–Kier alpha value is -1.11. The van der Waals surface area contributed by atoms with Crippen LogP contribution in [0, 0.1) is 0 Å². The Bertz CT molecular complexity index is 529. The summed E-state index contributed by atoms with van der Waals surface area (Å²) in [5, 5.41) is 3.33. The molecule has 120 valence electrons. The first kappa shape index (κ1) is 17.9. The van der Waals surface area contributed by atoms with Gasteiger partial charge in [-0.3, -0.25) is 0 Å². The zero-order valence-electron chi connectivity index (χ0n) is 13.3. The normalized spacial score (nSPS) is 13.4. The third-order valence-corrected chi connectivity index (χ3v) is 4.34. The maximum Gasteiger partial charge on any atom is 0.147 e. The van der Waals surface area contributed by atoms with E-state index in [1.54, 1.807) is 7.11 Å². The summed E-state index contributed by atoms with van der Waals surface area (Å²) in [7, 11) is 2.85. The number of ether oxygens (including phenoxy) is 1. The lowest BCUT2D eigenvalue weighted by molar-refractivity contribution is 0.288. The van der Waals surface area contributed by atoms with Crippen molar-refractivity contribution in [2.45, 2.75) is 12.5 Å². The van der Waals surface area contributed by atoms with Crippen LogP contribution in [0.2, 0.25) is 0 Å². The lowest BCUT2D eigenvalue weighted by atomic mass is 10.1. The molecule has 1 aromatic carbocycles. The predicted molar refractivity (Wildman–Crippen MR) is 86.6 cm³/mol. The van der Waals surface area contributed by atoms with Crippen molar-refractivity contribution in [2.24, 2.45) is 0 Å². The quantitative estimate of drug-likeness (QED) is 0.697.